The molecule has 0 spiro atoms. The Morgan fingerprint density at radius 2 is 1.88 bits per heavy atom. The molecule has 2 saturated heterocycles. The molecular formula is C19H28N6O. The summed E-state index contributed by atoms with van der Waals surface area (Å²) in [6, 6.07) is 4.28. The van der Waals surface area contributed by atoms with E-state index in [4.69, 9.17) is 4.74 Å². The molecule has 0 atom stereocenters. The minimum absolute atomic E-state index is 0.491. The van der Waals surface area contributed by atoms with Crippen LogP contribution in [0.5, 0.6) is 0 Å². The predicted molar refractivity (Wildman–Crippen MR) is 100 cm³/mol. The molecule has 2 fully saturated rings. The first-order chi connectivity index (χ1) is 12.7. The average Bonchev–Trinajstić information content (AvgIpc) is 3.03. The van der Waals surface area contributed by atoms with Crippen molar-refractivity contribution in [3.05, 3.63) is 35.7 Å². The average molecular weight is 356 g/mol. The lowest BCUT2D eigenvalue weighted by atomic mass is 9.95. The van der Waals surface area contributed by atoms with E-state index in [1.54, 1.807) is 0 Å². The minimum Gasteiger partial charge on any atom is -0.379 e. The molecular weight excluding hydrogens is 328 g/mol. The lowest BCUT2D eigenvalue weighted by Crippen LogP contribution is -2.36. The van der Waals surface area contributed by atoms with E-state index in [1.807, 2.05) is 13.1 Å². The van der Waals surface area contributed by atoms with E-state index in [1.165, 1.54) is 5.69 Å². The maximum absolute atomic E-state index is 5.43. The third-order valence-corrected chi connectivity index (χ3v) is 5.57. The highest BCUT2D eigenvalue weighted by Crippen LogP contribution is 2.29. The number of anilines is 1. The Labute approximate surface area is 155 Å². The van der Waals surface area contributed by atoms with Gasteiger partial charge in [-0.1, -0.05) is 0 Å². The third-order valence-electron chi connectivity index (χ3n) is 5.57. The van der Waals surface area contributed by atoms with Crippen molar-refractivity contribution >= 4 is 5.69 Å². The first-order valence-corrected chi connectivity index (χ1v) is 9.56. The van der Waals surface area contributed by atoms with Gasteiger partial charge in [-0.15, -0.1) is 10.2 Å². The fourth-order valence-corrected chi connectivity index (χ4v) is 3.95. The van der Waals surface area contributed by atoms with Crippen LogP contribution in [0.1, 0.15) is 36.1 Å². The van der Waals surface area contributed by atoms with E-state index >= 15 is 0 Å². The van der Waals surface area contributed by atoms with E-state index in [9.17, 15) is 0 Å². The molecule has 2 aliphatic rings. The number of nitrogens with zero attached hydrogens (tertiary/aromatic N) is 6. The van der Waals surface area contributed by atoms with Gasteiger partial charge in [0.2, 0.25) is 0 Å². The zero-order valence-corrected chi connectivity index (χ0v) is 15.8. The van der Waals surface area contributed by atoms with Crippen LogP contribution < -0.4 is 4.90 Å². The van der Waals surface area contributed by atoms with Gasteiger partial charge in [-0.3, -0.25) is 9.88 Å². The Kier molecular flexibility index (Phi) is 5.17. The standard InChI is InChI=1S/C19H28N6O/c1-15-13-17(3-6-20-15)25-7-4-16(5-8-25)19-22-21-18(23(19)2)14-24-9-11-26-12-10-24/h3,6,13,16H,4-5,7-12,14H2,1-2H3. The molecule has 0 N–H and O–H groups in total. The summed E-state index contributed by atoms with van der Waals surface area (Å²) in [7, 11) is 2.11. The van der Waals surface area contributed by atoms with Gasteiger partial charge in [0.25, 0.3) is 0 Å². The summed E-state index contributed by atoms with van der Waals surface area (Å²) in [6.07, 6.45) is 4.13. The topological polar surface area (TPSA) is 59.3 Å². The molecule has 0 unspecified atom stereocenters. The molecule has 2 aromatic heterocycles. The van der Waals surface area contributed by atoms with Crippen LogP contribution in [0.3, 0.4) is 0 Å². The van der Waals surface area contributed by atoms with Gasteiger partial charge in [0.15, 0.2) is 0 Å². The number of hydrogen-bond acceptors (Lipinski definition) is 6. The van der Waals surface area contributed by atoms with Gasteiger partial charge in [-0.25, -0.2) is 0 Å². The van der Waals surface area contributed by atoms with Crippen LogP contribution in [-0.2, 0) is 18.3 Å². The number of aryl methyl sites for hydroxylation is 1. The molecule has 4 heterocycles. The molecule has 2 aliphatic heterocycles. The summed E-state index contributed by atoms with van der Waals surface area (Å²) in [6.45, 7) is 8.61. The summed E-state index contributed by atoms with van der Waals surface area (Å²) in [5, 5.41) is 9.03. The lowest BCUT2D eigenvalue weighted by molar-refractivity contribution is 0.0326. The van der Waals surface area contributed by atoms with E-state index in [-0.39, 0.29) is 0 Å². The van der Waals surface area contributed by atoms with Gasteiger partial charge in [0.05, 0.1) is 19.8 Å². The minimum atomic E-state index is 0.491. The molecule has 7 nitrogen and oxygen atoms in total. The Bertz CT molecular complexity index is 731. The Hall–Kier alpha value is -1.99. The molecule has 140 valence electrons. The molecule has 7 heteroatoms. The van der Waals surface area contributed by atoms with Gasteiger partial charge in [0.1, 0.15) is 11.6 Å². The summed E-state index contributed by atoms with van der Waals surface area (Å²) < 4.78 is 7.64. The summed E-state index contributed by atoms with van der Waals surface area (Å²) in [5.74, 6) is 2.69. The van der Waals surface area contributed by atoms with Crippen LogP contribution in [0.2, 0.25) is 0 Å². The van der Waals surface area contributed by atoms with E-state index in [2.05, 4.69) is 48.7 Å². The highest BCUT2D eigenvalue weighted by molar-refractivity contribution is 5.46. The van der Waals surface area contributed by atoms with Crippen molar-refractivity contribution in [2.75, 3.05) is 44.3 Å². The lowest BCUT2D eigenvalue weighted by Gasteiger charge is -2.33. The van der Waals surface area contributed by atoms with Crippen molar-refractivity contribution in [2.24, 2.45) is 7.05 Å². The highest BCUT2D eigenvalue weighted by Gasteiger charge is 2.26. The zero-order valence-electron chi connectivity index (χ0n) is 15.8. The van der Waals surface area contributed by atoms with E-state index in [0.29, 0.717) is 5.92 Å². The van der Waals surface area contributed by atoms with E-state index in [0.717, 1.165) is 76.1 Å². The van der Waals surface area contributed by atoms with Crippen molar-refractivity contribution in [3.8, 4) is 0 Å². The fraction of sp³-hybridized carbons (Fsp3) is 0.632. The Morgan fingerprint density at radius 1 is 1.12 bits per heavy atom. The second kappa shape index (κ2) is 7.72. The molecule has 0 aliphatic carbocycles. The van der Waals surface area contributed by atoms with Crippen molar-refractivity contribution in [1.82, 2.24) is 24.6 Å². The van der Waals surface area contributed by atoms with Crippen LogP contribution >= 0.6 is 0 Å². The molecule has 0 aromatic carbocycles. The van der Waals surface area contributed by atoms with Gasteiger partial charge in [-0.2, -0.15) is 0 Å². The summed E-state index contributed by atoms with van der Waals surface area (Å²) >= 11 is 0. The molecule has 26 heavy (non-hydrogen) atoms. The monoisotopic (exact) mass is 356 g/mol. The molecule has 0 saturated carbocycles. The second-order valence-electron chi connectivity index (χ2n) is 7.34. The quantitative estimate of drug-likeness (QED) is 0.832. The Balaban J connectivity index is 1.38. The van der Waals surface area contributed by atoms with Crippen LogP contribution in [0, 0.1) is 6.92 Å². The van der Waals surface area contributed by atoms with Crippen molar-refractivity contribution < 1.29 is 4.74 Å². The summed E-state index contributed by atoms with van der Waals surface area (Å²) in [4.78, 5) is 9.15. The molecule has 0 radical (unpaired) electrons. The first kappa shape index (κ1) is 17.4. The summed E-state index contributed by atoms with van der Waals surface area (Å²) in [5.41, 5.74) is 2.35. The smallest absolute Gasteiger partial charge is 0.146 e. The van der Waals surface area contributed by atoms with Crippen LogP contribution in [0.15, 0.2) is 18.3 Å². The number of pyridine rings is 1. The predicted octanol–water partition coefficient (Wildman–Crippen LogP) is 1.73. The normalized spacial score (nSPS) is 19.8. The Morgan fingerprint density at radius 3 is 2.62 bits per heavy atom. The number of piperidine rings is 1. The number of hydrogen-bond donors (Lipinski definition) is 0. The van der Waals surface area contributed by atoms with Gasteiger partial charge < -0.3 is 14.2 Å². The van der Waals surface area contributed by atoms with Crippen LogP contribution in [-0.4, -0.2) is 64.0 Å². The number of aromatic nitrogens is 4. The van der Waals surface area contributed by atoms with Gasteiger partial charge >= 0.3 is 0 Å². The zero-order chi connectivity index (χ0) is 17.9. The SMILES string of the molecule is Cc1cc(N2CCC(c3nnc(CN4CCOCC4)n3C)CC2)ccn1. The molecule has 2 aromatic rings. The number of morpholine rings is 1. The second-order valence-corrected chi connectivity index (χ2v) is 7.34. The van der Waals surface area contributed by atoms with E-state index < -0.39 is 0 Å². The third kappa shape index (κ3) is 3.73. The molecule has 4 rings (SSSR count). The number of rotatable bonds is 4. The van der Waals surface area contributed by atoms with Gasteiger partial charge in [0, 0.05) is 56.7 Å². The van der Waals surface area contributed by atoms with Crippen molar-refractivity contribution in [3.63, 3.8) is 0 Å². The first-order valence-electron chi connectivity index (χ1n) is 9.56. The van der Waals surface area contributed by atoms with Crippen LogP contribution in [0.25, 0.3) is 0 Å². The van der Waals surface area contributed by atoms with Gasteiger partial charge in [-0.05, 0) is 31.9 Å². The molecule has 0 amide bonds. The fourth-order valence-electron chi connectivity index (χ4n) is 3.95. The highest BCUT2D eigenvalue weighted by atomic mass is 16.5. The maximum Gasteiger partial charge on any atom is 0.146 e. The molecule has 0 bridgehead atoms. The largest absolute Gasteiger partial charge is 0.379 e. The maximum atomic E-state index is 5.43. The number of ether oxygens (including phenoxy) is 1. The van der Waals surface area contributed by atoms with Crippen molar-refractivity contribution in [1.29, 1.82) is 0 Å². The van der Waals surface area contributed by atoms with Crippen LogP contribution in [0.4, 0.5) is 5.69 Å². The van der Waals surface area contributed by atoms with Crippen molar-refractivity contribution in [2.45, 2.75) is 32.2 Å².